The fourth-order valence-corrected chi connectivity index (χ4v) is 2.07. The standard InChI is InChI=1S/C12H26O4S.Li.Na.H/c1-2-3-4-5-6-7-8-9-10-11-12-16-17(13,14)15;;;/h2-12H2,1H3,(H,13,14,15);;;/q;;+1;/p-1. The van der Waals surface area contributed by atoms with Gasteiger partial charge in [0.05, 0.1) is 6.61 Å². The summed E-state index contributed by atoms with van der Waals surface area (Å²) in [5.74, 6) is 0. The molecule has 0 unspecified atom stereocenters. The Morgan fingerprint density at radius 2 is 1.21 bits per heavy atom. The van der Waals surface area contributed by atoms with E-state index in [9.17, 15) is 13.0 Å². The van der Waals surface area contributed by atoms with Crippen LogP contribution in [0, 0.1) is 0 Å². The number of hydrogen-bond acceptors (Lipinski definition) is 4. The molecule has 0 bridgehead atoms. The molecule has 0 heterocycles. The van der Waals surface area contributed by atoms with Gasteiger partial charge in [0, 0.05) is 0 Å². The first-order valence-electron chi connectivity index (χ1n) is 6.66. The van der Waals surface area contributed by atoms with E-state index in [-0.39, 0.29) is 55.0 Å². The zero-order chi connectivity index (χ0) is 13.0. The zero-order valence-corrected chi connectivity index (χ0v) is 14.6. The zero-order valence-electron chi connectivity index (χ0n) is 11.8. The van der Waals surface area contributed by atoms with Gasteiger partial charge in [-0.15, -0.1) is 0 Å². The van der Waals surface area contributed by atoms with Crippen molar-refractivity contribution in [3.8, 4) is 0 Å². The van der Waals surface area contributed by atoms with Crippen molar-refractivity contribution in [2.45, 2.75) is 71.1 Å². The third kappa shape index (κ3) is 24.8. The average molecular weight is 296 g/mol. The van der Waals surface area contributed by atoms with E-state index in [0.29, 0.717) is 6.42 Å². The normalized spacial score (nSPS) is 10.6. The van der Waals surface area contributed by atoms with Gasteiger partial charge in [-0.25, -0.2) is 8.42 Å². The van der Waals surface area contributed by atoms with Crippen LogP contribution in [0.1, 0.15) is 71.1 Å². The van der Waals surface area contributed by atoms with E-state index >= 15 is 0 Å². The second kappa shape index (κ2) is 17.5. The second-order valence-corrected chi connectivity index (χ2v) is 5.46. The van der Waals surface area contributed by atoms with Crippen LogP contribution < -0.4 is 29.6 Å². The van der Waals surface area contributed by atoms with Crippen LogP contribution in [-0.4, -0.2) is 38.4 Å². The van der Waals surface area contributed by atoms with E-state index in [1.165, 1.54) is 44.9 Å². The van der Waals surface area contributed by atoms with Crippen molar-refractivity contribution in [1.82, 2.24) is 0 Å². The molecule has 0 spiro atoms. The van der Waals surface area contributed by atoms with Crippen LogP contribution in [0.3, 0.4) is 0 Å². The molecule has 7 heteroatoms. The molecular weight excluding hydrogens is 270 g/mol. The Balaban J connectivity index is -0.00000128. The largest absolute Gasteiger partial charge is 1.00 e. The minimum Gasteiger partial charge on any atom is 1.00 e. The van der Waals surface area contributed by atoms with E-state index in [4.69, 9.17) is 0 Å². The Kier molecular flexibility index (Phi) is 23.4. The maximum Gasteiger partial charge on any atom is 1.00 e. The van der Waals surface area contributed by atoms with Crippen LogP contribution in [0.2, 0.25) is 0 Å². The van der Waals surface area contributed by atoms with Gasteiger partial charge >= 0.3 is 48.4 Å². The maximum atomic E-state index is 10.1. The molecule has 0 amide bonds. The summed E-state index contributed by atoms with van der Waals surface area (Å²) in [5, 5.41) is 0. The van der Waals surface area contributed by atoms with Gasteiger partial charge in [-0.1, -0.05) is 64.7 Å². The molecular formula is C12H26LiNaO4S. The van der Waals surface area contributed by atoms with Crippen LogP contribution in [0.4, 0.5) is 0 Å². The summed E-state index contributed by atoms with van der Waals surface area (Å²) in [4.78, 5) is 0. The molecule has 106 valence electrons. The van der Waals surface area contributed by atoms with Crippen molar-refractivity contribution in [3.63, 3.8) is 0 Å². The SMILES string of the molecule is CCCCCCCCCCCCOS(=O)(=O)[O-].[LiH].[Na+]. The first-order chi connectivity index (χ1) is 8.06. The second-order valence-electron chi connectivity index (χ2n) is 4.41. The molecule has 0 aromatic carbocycles. The molecule has 0 aromatic rings. The maximum absolute atomic E-state index is 10.1. The molecule has 0 N–H and O–H groups in total. The molecule has 0 aromatic heterocycles. The molecule has 0 radical (unpaired) electrons. The van der Waals surface area contributed by atoms with Gasteiger partial charge < -0.3 is 4.55 Å². The van der Waals surface area contributed by atoms with Crippen molar-refractivity contribution in [2.75, 3.05) is 6.61 Å². The van der Waals surface area contributed by atoms with Crippen LogP contribution in [-0.2, 0) is 14.6 Å². The molecule has 19 heavy (non-hydrogen) atoms. The third-order valence-corrected chi connectivity index (χ3v) is 3.18. The van der Waals surface area contributed by atoms with Crippen molar-refractivity contribution < 1.29 is 46.7 Å². The molecule has 0 aliphatic heterocycles. The summed E-state index contributed by atoms with van der Waals surface area (Å²) in [5.41, 5.74) is 0. The van der Waals surface area contributed by atoms with Crippen molar-refractivity contribution >= 4 is 29.3 Å². The first-order valence-corrected chi connectivity index (χ1v) is 8.00. The molecule has 0 saturated carbocycles. The minimum absolute atomic E-state index is 0. The van der Waals surface area contributed by atoms with E-state index in [1.54, 1.807) is 0 Å². The van der Waals surface area contributed by atoms with Gasteiger partial charge in [0.2, 0.25) is 10.4 Å². The van der Waals surface area contributed by atoms with Crippen molar-refractivity contribution in [2.24, 2.45) is 0 Å². The quantitative estimate of drug-likeness (QED) is 0.215. The Labute approximate surface area is 152 Å². The summed E-state index contributed by atoms with van der Waals surface area (Å²) in [6.07, 6.45) is 11.7. The predicted octanol–water partition coefficient (Wildman–Crippen LogP) is -0.260. The molecule has 0 aliphatic rings. The van der Waals surface area contributed by atoms with Gasteiger partial charge in [0.25, 0.3) is 0 Å². The molecule has 0 rings (SSSR count). The topological polar surface area (TPSA) is 66.4 Å². The van der Waals surface area contributed by atoms with Crippen LogP contribution in [0.25, 0.3) is 0 Å². The Hall–Kier alpha value is 1.47. The summed E-state index contributed by atoms with van der Waals surface area (Å²) in [6, 6.07) is 0. The van der Waals surface area contributed by atoms with E-state index in [2.05, 4.69) is 11.1 Å². The fraction of sp³-hybridized carbons (Fsp3) is 1.00. The Bertz CT molecular complexity index is 260. The van der Waals surface area contributed by atoms with Crippen LogP contribution in [0.15, 0.2) is 0 Å². The summed E-state index contributed by atoms with van der Waals surface area (Å²) in [7, 11) is -4.48. The average Bonchev–Trinajstić information content (AvgIpc) is 2.24. The minimum atomic E-state index is -4.48. The van der Waals surface area contributed by atoms with Gasteiger partial charge in [0.1, 0.15) is 0 Å². The number of hydrogen-bond donors (Lipinski definition) is 0. The monoisotopic (exact) mass is 296 g/mol. The van der Waals surface area contributed by atoms with Gasteiger partial charge in [0.15, 0.2) is 0 Å². The molecule has 0 aliphatic carbocycles. The molecule has 0 atom stereocenters. The molecule has 0 fully saturated rings. The van der Waals surface area contributed by atoms with E-state index in [0.717, 1.165) is 12.8 Å². The van der Waals surface area contributed by atoms with Crippen LogP contribution in [0.5, 0.6) is 0 Å². The summed E-state index contributed by atoms with van der Waals surface area (Å²) >= 11 is 0. The van der Waals surface area contributed by atoms with Gasteiger partial charge in [-0.05, 0) is 6.42 Å². The molecule has 0 saturated heterocycles. The number of unbranched alkanes of at least 4 members (excludes halogenated alkanes) is 9. The third-order valence-electron chi connectivity index (χ3n) is 2.73. The Morgan fingerprint density at radius 1 is 0.842 bits per heavy atom. The first kappa shape index (κ1) is 25.4. The summed E-state index contributed by atoms with van der Waals surface area (Å²) in [6.45, 7) is 2.24. The van der Waals surface area contributed by atoms with Crippen LogP contribution >= 0.6 is 0 Å². The smallest absolute Gasteiger partial charge is 1.00 e. The van der Waals surface area contributed by atoms with Crippen molar-refractivity contribution in [1.29, 1.82) is 0 Å². The van der Waals surface area contributed by atoms with Crippen molar-refractivity contribution in [3.05, 3.63) is 0 Å². The Morgan fingerprint density at radius 3 is 1.58 bits per heavy atom. The van der Waals surface area contributed by atoms with E-state index < -0.39 is 10.4 Å². The molecule has 4 nitrogen and oxygen atoms in total. The number of rotatable bonds is 12. The summed E-state index contributed by atoms with van der Waals surface area (Å²) < 4.78 is 34.5. The van der Waals surface area contributed by atoms with Gasteiger partial charge in [-0.2, -0.15) is 0 Å². The van der Waals surface area contributed by atoms with Gasteiger partial charge in [-0.3, -0.25) is 4.18 Å². The predicted molar refractivity (Wildman–Crippen MR) is 74.6 cm³/mol. The van der Waals surface area contributed by atoms with E-state index in [1.807, 2.05) is 0 Å². The fourth-order valence-electron chi connectivity index (χ4n) is 1.75.